The van der Waals surface area contributed by atoms with Crippen molar-refractivity contribution in [3.63, 3.8) is 0 Å². The Morgan fingerprint density at radius 1 is 1.10 bits per heavy atom. The Bertz CT molecular complexity index is 651. The molecular formula is C12H13F3N2O3S. The zero-order valence-corrected chi connectivity index (χ0v) is 11.7. The van der Waals surface area contributed by atoms with E-state index in [-0.39, 0.29) is 38.2 Å². The Labute approximate surface area is 120 Å². The summed E-state index contributed by atoms with van der Waals surface area (Å²) in [4.78, 5) is 13.4. The van der Waals surface area contributed by atoms with Gasteiger partial charge >= 0.3 is 10.4 Å². The first-order valence-corrected chi connectivity index (χ1v) is 7.57. The van der Waals surface area contributed by atoms with Gasteiger partial charge in [-0.2, -0.15) is 12.7 Å². The van der Waals surface area contributed by atoms with Crippen molar-refractivity contribution < 1.29 is 25.9 Å². The second-order valence-electron chi connectivity index (χ2n) is 4.61. The van der Waals surface area contributed by atoms with Gasteiger partial charge in [0, 0.05) is 32.2 Å². The van der Waals surface area contributed by atoms with E-state index in [4.69, 9.17) is 0 Å². The molecule has 0 atom stereocenters. The first-order chi connectivity index (χ1) is 9.79. The van der Waals surface area contributed by atoms with Crippen molar-refractivity contribution >= 4 is 16.3 Å². The summed E-state index contributed by atoms with van der Waals surface area (Å²) in [5.74, 6) is -2.46. The molecule has 1 saturated heterocycles. The van der Waals surface area contributed by atoms with Crippen LogP contribution in [0.15, 0.2) is 18.2 Å². The molecule has 0 aromatic heterocycles. The van der Waals surface area contributed by atoms with Gasteiger partial charge in [0.2, 0.25) is 0 Å². The van der Waals surface area contributed by atoms with Crippen molar-refractivity contribution in [2.24, 2.45) is 0 Å². The molecule has 1 fully saturated rings. The average Bonchev–Trinajstić information content (AvgIpc) is 2.63. The summed E-state index contributed by atoms with van der Waals surface area (Å²) in [6.07, 6.45) is 0.234. The Balaban J connectivity index is 2.13. The third kappa shape index (κ3) is 3.73. The highest BCUT2D eigenvalue weighted by molar-refractivity contribution is 7.83. The zero-order valence-electron chi connectivity index (χ0n) is 10.9. The lowest BCUT2D eigenvalue weighted by Crippen LogP contribution is -2.36. The van der Waals surface area contributed by atoms with Crippen molar-refractivity contribution in [3.8, 4) is 0 Å². The van der Waals surface area contributed by atoms with Crippen molar-refractivity contribution in [1.82, 2.24) is 9.21 Å². The van der Waals surface area contributed by atoms with Crippen LogP contribution in [0.3, 0.4) is 0 Å². The van der Waals surface area contributed by atoms with E-state index in [9.17, 15) is 25.9 Å². The van der Waals surface area contributed by atoms with E-state index in [0.717, 1.165) is 12.1 Å². The quantitative estimate of drug-likeness (QED) is 0.772. The standard InChI is InChI=1S/C12H13F3N2O3S/c13-9-2-3-10(11(14)8-9)12(18)16-4-1-5-17(7-6-16)21(15,19)20/h2-3,8H,1,4-7H2. The first kappa shape index (κ1) is 15.8. The molecule has 9 heteroatoms. The predicted octanol–water partition coefficient (Wildman–Crippen LogP) is 1.33. The van der Waals surface area contributed by atoms with Crippen molar-refractivity contribution in [1.29, 1.82) is 0 Å². The maximum Gasteiger partial charge on any atom is 0.374 e. The SMILES string of the molecule is O=C(c1ccc(F)cc1F)N1CCCN(S(=O)(=O)F)CC1. The summed E-state index contributed by atoms with van der Waals surface area (Å²) >= 11 is 0. The third-order valence-electron chi connectivity index (χ3n) is 3.21. The van der Waals surface area contributed by atoms with Crippen LogP contribution in [-0.4, -0.2) is 49.7 Å². The van der Waals surface area contributed by atoms with Gasteiger partial charge in [0.1, 0.15) is 11.6 Å². The number of benzene rings is 1. The topological polar surface area (TPSA) is 57.7 Å². The summed E-state index contributed by atoms with van der Waals surface area (Å²) < 4.78 is 61.6. The molecule has 0 radical (unpaired) electrons. The molecule has 1 aromatic rings. The van der Waals surface area contributed by atoms with Crippen LogP contribution in [0.1, 0.15) is 16.8 Å². The lowest BCUT2D eigenvalue weighted by Gasteiger charge is -2.20. The van der Waals surface area contributed by atoms with Gasteiger partial charge in [0.05, 0.1) is 5.56 Å². The molecule has 1 heterocycles. The lowest BCUT2D eigenvalue weighted by atomic mass is 10.1. The van der Waals surface area contributed by atoms with Gasteiger partial charge in [0.15, 0.2) is 0 Å². The minimum absolute atomic E-state index is 0.0471. The largest absolute Gasteiger partial charge is 0.374 e. The summed E-state index contributed by atoms with van der Waals surface area (Å²) in [7, 11) is -4.81. The number of carbonyl (C=O) groups excluding carboxylic acids is 1. The van der Waals surface area contributed by atoms with Crippen LogP contribution in [0.4, 0.5) is 12.7 Å². The molecular weight excluding hydrogens is 309 g/mol. The number of rotatable bonds is 2. The molecule has 0 N–H and O–H groups in total. The van der Waals surface area contributed by atoms with Crippen LogP contribution in [0, 0.1) is 11.6 Å². The molecule has 2 rings (SSSR count). The molecule has 0 saturated carbocycles. The second kappa shape index (κ2) is 6.02. The number of halogens is 3. The number of hydrogen-bond acceptors (Lipinski definition) is 3. The van der Waals surface area contributed by atoms with Crippen LogP contribution >= 0.6 is 0 Å². The highest BCUT2D eigenvalue weighted by Crippen LogP contribution is 2.15. The average molecular weight is 322 g/mol. The Kier molecular flexibility index (Phi) is 4.52. The fourth-order valence-electron chi connectivity index (χ4n) is 2.15. The van der Waals surface area contributed by atoms with Crippen molar-refractivity contribution in [3.05, 3.63) is 35.4 Å². The molecule has 0 aliphatic carbocycles. The van der Waals surface area contributed by atoms with Crippen LogP contribution in [0.2, 0.25) is 0 Å². The van der Waals surface area contributed by atoms with Gasteiger partial charge in [-0.05, 0) is 18.6 Å². The van der Waals surface area contributed by atoms with Gasteiger partial charge in [-0.3, -0.25) is 4.79 Å². The highest BCUT2D eigenvalue weighted by atomic mass is 32.3. The highest BCUT2D eigenvalue weighted by Gasteiger charge is 2.27. The molecule has 5 nitrogen and oxygen atoms in total. The molecule has 21 heavy (non-hydrogen) atoms. The van der Waals surface area contributed by atoms with E-state index in [1.165, 1.54) is 4.90 Å². The van der Waals surface area contributed by atoms with Crippen molar-refractivity contribution in [2.75, 3.05) is 26.2 Å². The minimum atomic E-state index is -4.81. The Hall–Kier alpha value is -1.61. The maximum absolute atomic E-state index is 13.6. The number of nitrogens with zero attached hydrogens (tertiary/aromatic N) is 2. The Morgan fingerprint density at radius 2 is 1.81 bits per heavy atom. The molecule has 116 valence electrons. The van der Waals surface area contributed by atoms with Crippen LogP contribution in [0.25, 0.3) is 0 Å². The lowest BCUT2D eigenvalue weighted by molar-refractivity contribution is 0.0759. The number of carbonyl (C=O) groups is 1. The minimum Gasteiger partial charge on any atom is -0.337 e. The van der Waals surface area contributed by atoms with Gasteiger partial charge < -0.3 is 4.90 Å². The third-order valence-corrected chi connectivity index (χ3v) is 4.19. The first-order valence-electron chi connectivity index (χ1n) is 6.23. The summed E-state index contributed by atoms with van der Waals surface area (Å²) in [5.41, 5.74) is -0.298. The fourth-order valence-corrected chi connectivity index (χ4v) is 2.80. The second-order valence-corrected chi connectivity index (χ2v) is 5.95. The molecule has 1 amide bonds. The van der Waals surface area contributed by atoms with Gasteiger partial charge in [-0.25, -0.2) is 8.78 Å². The summed E-state index contributed by atoms with van der Waals surface area (Å²) in [6, 6.07) is 2.59. The predicted molar refractivity (Wildman–Crippen MR) is 68.5 cm³/mol. The van der Waals surface area contributed by atoms with E-state index in [0.29, 0.717) is 10.4 Å². The van der Waals surface area contributed by atoms with Crippen LogP contribution < -0.4 is 0 Å². The molecule has 1 aliphatic heterocycles. The van der Waals surface area contributed by atoms with Crippen LogP contribution in [0.5, 0.6) is 0 Å². The monoisotopic (exact) mass is 322 g/mol. The summed E-state index contributed by atoms with van der Waals surface area (Å²) in [6.45, 7) is -0.137. The van der Waals surface area contributed by atoms with Crippen molar-refractivity contribution in [2.45, 2.75) is 6.42 Å². The van der Waals surface area contributed by atoms with Gasteiger partial charge in [-0.15, -0.1) is 0 Å². The fraction of sp³-hybridized carbons (Fsp3) is 0.417. The summed E-state index contributed by atoms with van der Waals surface area (Å²) in [5, 5.41) is 0. The van der Waals surface area contributed by atoms with E-state index in [1.807, 2.05) is 0 Å². The van der Waals surface area contributed by atoms with E-state index in [1.54, 1.807) is 0 Å². The molecule has 1 aliphatic rings. The zero-order chi connectivity index (χ0) is 15.6. The molecule has 0 unspecified atom stereocenters. The normalized spacial score (nSPS) is 17.6. The maximum atomic E-state index is 13.6. The number of hydrogen-bond donors (Lipinski definition) is 0. The van der Waals surface area contributed by atoms with E-state index < -0.39 is 28.0 Å². The number of amides is 1. The smallest absolute Gasteiger partial charge is 0.337 e. The van der Waals surface area contributed by atoms with Gasteiger partial charge in [-0.1, -0.05) is 3.89 Å². The van der Waals surface area contributed by atoms with E-state index >= 15 is 0 Å². The molecule has 1 aromatic carbocycles. The van der Waals surface area contributed by atoms with E-state index in [2.05, 4.69) is 0 Å². The Morgan fingerprint density at radius 3 is 2.43 bits per heavy atom. The molecule has 0 bridgehead atoms. The van der Waals surface area contributed by atoms with Gasteiger partial charge in [0.25, 0.3) is 5.91 Å². The molecule has 0 spiro atoms. The van der Waals surface area contributed by atoms with Crippen LogP contribution in [-0.2, 0) is 10.4 Å².